The van der Waals surface area contributed by atoms with E-state index in [9.17, 15) is 14.4 Å². The van der Waals surface area contributed by atoms with Crippen LogP contribution in [0.5, 0.6) is 0 Å². The fraction of sp³-hybridized carbons (Fsp3) is 0.533. The van der Waals surface area contributed by atoms with Gasteiger partial charge >= 0.3 is 0 Å². The van der Waals surface area contributed by atoms with E-state index in [1.165, 1.54) is 6.07 Å². The predicted molar refractivity (Wildman–Crippen MR) is 88.7 cm³/mol. The third kappa shape index (κ3) is 5.16. The quantitative estimate of drug-likeness (QED) is 0.617. The van der Waals surface area contributed by atoms with Crippen molar-refractivity contribution >= 4 is 24.1 Å². The molecule has 0 aromatic carbocycles. The highest BCUT2D eigenvalue weighted by Crippen LogP contribution is 2.18. The van der Waals surface area contributed by atoms with E-state index < -0.39 is 11.5 Å². The molecular weight excluding hydrogens is 322 g/mol. The average molecular weight is 344 g/mol. The number of ether oxygens (including phenoxy) is 1. The highest BCUT2D eigenvalue weighted by molar-refractivity contribution is 6.01. The highest BCUT2D eigenvalue weighted by atomic mass is 35.5. The zero-order valence-corrected chi connectivity index (χ0v) is 13.9. The normalized spacial score (nSPS) is 13.2. The number of carbonyl (C=O) groups is 2. The summed E-state index contributed by atoms with van der Waals surface area (Å²) < 4.78 is 4.89. The van der Waals surface area contributed by atoms with Crippen LogP contribution in [0.2, 0.25) is 0 Å². The molecule has 0 aliphatic heterocycles. The Morgan fingerprint density at radius 2 is 2.04 bits per heavy atom. The number of aromatic nitrogens is 1. The smallest absolute Gasteiger partial charge is 0.261 e. The van der Waals surface area contributed by atoms with Gasteiger partial charge in [0.2, 0.25) is 0 Å². The molecule has 1 heterocycles. The third-order valence-corrected chi connectivity index (χ3v) is 3.57. The number of halogens is 1. The number of amides is 1. The number of methoxy groups -OCH3 is 1. The van der Waals surface area contributed by atoms with Gasteiger partial charge in [-0.3, -0.25) is 14.4 Å². The standard InChI is InChI=1S/C15H21N3O4.ClH/c1-22-8-7-16-5-6-17-14(20)11-9-10-12(18-15(11)21)3-2-4-13(10)19;/h9,16H,2-8H2,1H3,(H,17,20)(H,18,21);1H. The molecule has 23 heavy (non-hydrogen) atoms. The molecule has 7 nitrogen and oxygen atoms in total. The molecule has 0 bridgehead atoms. The molecule has 1 amide bonds. The van der Waals surface area contributed by atoms with Crippen molar-refractivity contribution in [2.24, 2.45) is 0 Å². The van der Waals surface area contributed by atoms with Gasteiger partial charge in [0, 0.05) is 44.4 Å². The number of fused-ring (bicyclic) bond motifs is 1. The van der Waals surface area contributed by atoms with Crippen LogP contribution < -0.4 is 16.2 Å². The predicted octanol–water partition coefficient (Wildman–Crippen LogP) is 0.281. The summed E-state index contributed by atoms with van der Waals surface area (Å²) in [6.07, 6.45) is 1.87. The Bertz CT molecular complexity index is 615. The van der Waals surface area contributed by atoms with E-state index in [0.29, 0.717) is 50.3 Å². The van der Waals surface area contributed by atoms with E-state index in [1.54, 1.807) is 7.11 Å². The Kier molecular flexibility index (Phi) is 7.94. The highest BCUT2D eigenvalue weighted by Gasteiger charge is 2.21. The maximum atomic E-state index is 12.1. The van der Waals surface area contributed by atoms with Gasteiger partial charge < -0.3 is 20.4 Å². The summed E-state index contributed by atoms with van der Waals surface area (Å²) in [7, 11) is 1.62. The zero-order chi connectivity index (χ0) is 15.9. The first-order valence-corrected chi connectivity index (χ1v) is 7.40. The maximum Gasteiger partial charge on any atom is 0.261 e. The number of ketones is 1. The van der Waals surface area contributed by atoms with Crippen molar-refractivity contribution in [1.82, 2.24) is 15.6 Å². The van der Waals surface area contributed by atoms with E-state index in [4.69, 9.17) is 4.74 Å². The van der Waals surface area contributed by atoms with E-state index in [-0.39, 0.29) is 23.8 Å². The third-order valence-electron chi connectivity index (χ3n) is 3.57. The molecule has 0 saturated carbocycles. The lowest BCUT2D eigenvalue weighted by Crippen LogP contribution is -2.36. The molecule has 0 atom stereocenters. The number of aryl methyl sites for hydroxylation is 1. The molecular formula is C15H22ClN3O4. The Morgan fingerprint density at radius 3 is 2.78 bits per heavy atom. The maximum absolute atomic E-state index is 12.1. The fourth-order valence-electron chi connectivity index (χ4n) is 2.40. The molecule has 1 aromatic rings. The summed E-state index contributed by atoms with van der Waals surface area (Å²) in [5.74, 6) is -0.483. The first-order chi connectivity index (χ1) is 10.6. The number of pyridine rings is 1. The lowest BCUT2D eigenvalue weighted by molar-refractivity contribution is 0.0952. The second-order valence-corrected chi connectivity index (χ2v) is 5.18. The summed E-state index contributed by atoms with van der Waals surface area (Å²) in [6, 6.07) is 1.42. The zero-order valence-electron chi connectivity index (χ0n) is 13.1. The second kappa shape index (κ2) is 9.44. The lowest BCUT2D eigenvalue weighted by Gasteiger charge is -2.15. The molecule has 2 rings (SSSR count). The van der Waals surface area contributed by atoms with Gasteiger partial charge in [-0.2, -0.15) is 0 Å². The van der Waals surface area contributed by atoms with Crippen LogP contribution >= 0.6 is 12.4 Å². The molecule has 8 heteroatoms. The molecule has 128 valence electrons. The van der Waals surface area contributed by atoms with Crippen LogP contribution in [0, 0.1) is 0 Å². The molecule has 3 N–H and O–H groups in total. The first-order valence-electron chi connectivity index (χ1n) is 7.40. The molecule has 0 spiro atoms. The minimum absolute atomic E-state index is 0. The van der Waals surface area contributed by atoms with Crippen molar-refractivity contribution in [3.8, 4) is 0 Å². The van der Waals surface area contributed by atoms with Crippen LogP contribution in [0.15, 0.2) is 10.9 Å². The minimum atomic E-state index is -0.462. The molecule has 0 fully saturated rings. The van der Waals surface area contributed by atoms with Crippen LogP contribution in [0.25, 0.3) is 0 Å². The van der Waals surface area contributed by atoms with Gasteiger partial charge in [0.05, 0.1) is 6.61 Å². The van der Waals surface area contributed by atoms with Gasteiger partial charge in [-0.1, -0.05) is 0 Å². The van der Waals surface area contributed by atoms with Crippen LogP contribution in [-0.2, 0) is 11.2 Å². The molecule has 0 radical (unpaired) electrons. The summed E-state index contributed by atoms with van der Waals surface area (Å²) in [6.45, 7) is 2.27. The summed E-state index contributed by atoms with van der Waals surface area (Å²) in [5.41, 5.74) is 0.650. The molecule has 1 aromatic heterocycles. The monoisotopic (exact) mass is 343 g/mol. The Morgan fingerprint density at radius 1 is 1.26 bits per heavy atom. The number of hydrogen-bond donors (Lipinski definition) is 3. The molecule has 0 saturated heterocycles. The topological polar surface area (TPSA) is 100 Å². The van der Waals surface area contributed by atoms with E-state index in [1.807, 2.05) is 0 Å². The number of hydrogen-bond acceptors (Lipinski definition) is 5. The van der Waals surface area contributed by atoms with Crippen LogP contribution in [-0.4, -0.2) is 50.0 Å². The van der Waals surface area contributed by atoms with E-state index in [0.717, 1.165) is 6.42 Å². The van der Waals surface area contributed by atoms with Crippen molar-refractivity contribution in [3.05, 3.63) is 33.2 Å². The first kappa shape index (κ1) is 19.3. The van der Waals surface area contributed by atoms with Crippen molar-refractivity contribution in [2.75, 3.05) is 33.4 Å². The van der Waals surface area contributed by atoms with Gasteiger partial charge in [0.15, 0.2) is 5.78 Å². The number of rotatable bonds is 7. The fourth-order valence-corrected chi connectivity index (χ4v) is 2.40. The Labute approximate surface area is 140 Å². The van der Waals surface area contributed by atoms with Gasteiger partial charge in [-0.15, -0.1) is 12.4 Å². The van der Waals surface area contributed by atoms with Gasteiger partial charge in [-0.25, -0.2) is 0 Å². The molecule has 0 unspecified atom stereocenters. The number of carbonyl (C=O) groups excluding carboxylic acids is 2. The Balaban J connectivity index is 0.00000264. The number of H-pyrrole nitrogens is 1. The van der Waals surface area contributed by atoms with Gasteiger partial charge in [-0.05, 0) is 18.9 Å². The summed E-state index contributed by atoms with van der Waals surface area (Å²) in [5, 5.41) is 5.75. The summed E-state index contributed by atoms with van der Waals surface area (Å²) in [4.78, 5) is 38.5. The van der Waals surface area contributed by atoms with Crippen LogP contribution in [0.4, 0.5) is 0 Å². The van der Waals surface area contributed by atoms with Crippen molar-refractivity contribution < 1.29 is 14.3 Å². The number of nitrogens with one attached hydrogen (secondary N) is 3. The van der Waals surface area contributed by atoms with Crippen LogP contribution in [0.1, 0.15) is 39.3 Å². The Hall–Kier alpha value is -1.70. The molecule has 1 aliphatic rings. The van der Waals surface area contributed by atoms with Gasteiger partial charge in [0.25, 0.3) is 11.5 Å². The number of aromatic amines is 1. The van der Waals surface area contributed by atoms with Crippen molar-refractivity contribution in [3.63, 3.8) is 0 Å². The van der Waals surface area contributed by atoms with E-state index >= 15 is 0 Å². The SMILES string of the molecule is COCCNCCNC(=O)c1cc2c([nH]c1=O)CCCC2=O.Cl. The summed E-state index contributed by atoms with van der Waals surface area (Å²) >= 11 is 0. The largest absolute Gasteiger partial charge is 0.383 e. The minimum Gasteiger partial charge on any atom is -0.383 e. The average Bonchev–Trinajstić information content (AvgIpc) is 2.50. The number of Topliss-reactive ketones (excluding diaryl/α,β-unsaturated/α-hetero) is 1. The molecule has 1 aliphatic carbocycles. The van der Waals surface area contributed by atoms with Crippen molar-refractivity contribution in [1.29, 1.82) is 0 Å². The van der Waals surface area contributed by atoms with Gasteiger partial charge in [0.1, 0.15) is 5.56 Å². The van der Waals surface area contributed by atoms with E-state index in [2.05, 4.69) is 15.6 Å². The van der Waals surface area contributed by atoms with Crippen molar-refractivity contribution in [2.45, 2.75) is 19.3 Å². The lowest BCUT2D eigenvalue weighted by atomic mass is 9.93. The second-order valence-electron chi connectivity index (χ2n) is 5.18. The van der Waals surface area contributed by atoms with Crippen LogP contribution in [0.3, 0.4) is 0 Å².